The summed E-state index contributed by atoms with van der Waals surface area (Å²) in [6.07, 6.45) is 0. The molecule has 9 heteroatoms. The fourth-order valence-electron chi connectivity index (χ4n) is 2.31. The molecule has 3 rings (SSSR count). The third-order valence-electron chi connectivity index (χ3n) is 3.62. The molecule has 0 spiro atoms. The molecule has 26 heavy (non-hydrogen) atoms. The summed E-state index contributed by atoms with van der Waals surface area (Å²) in [5, 5.41) is 3.88. The highest BCUT2D eigenvalue weighted by Gasteiger charge is 2.23. The van der Waals surface area contributed by atoms with Crippen LogP contribution >= 0.6 is 0 Å². The predicted octanol–water partition coefficient (Wildman–Crippen LogP) is 2.92. The van der Waals surface area contributed by atoms with Gasteiger partial charge in [-0.2, -0.15) is 9.71 Å². The van der Waals surface area contributed by atoms with Gasteiger partial charge in [-0.3, -0.25) is 0 Å². The van der Waals surface area contributed by atoms with E-state index in [2.05, 4.69) is 14.9 Å². The van der Waals surface area contributed by atoms with Gasteiger partial charge in [0.25, 0.3) is 0 Å². The highest BCUT2D eigenvalue weighted by molar-refractivity contribution is 7.89. The van der Waals surface area contributed by atoms with E-state index in [9.17, 15) is 12.8 Å². The Labute approximate surface area is 149 Å². The molecule has 0 saturated heterocycles. The molecule has 0 fully saturated rings. The number of nitrogens with one attached hydrogen (secondary N) is 1. The quantitative estimate of drug-likeness (QED) is 0.710. The zero-order chi connectivity index (χ0) is 18.7. The average molecular weight is 377 g/mol. The summed E-state index contributed by atoms with van der Waals surface area (Å²) in [5.74, 6) is 0.427. The zero-order valence-corrected chi connectivity index (χ0v) is 14.8. The number of methoxy groups -OCH3 is 1. The normalized spacial score (nSPS) is 12.7. The van der Waals surface area contributed by atoms with Crippen LogP contribution in [-0.4, -0.2) is 25.7 Å². The maximum absolute atomic E-state index is 13.0. The highest BCUT2D eigenvalue weighted by atomic mass is 32.2. The third kappa shape index (κ3) is 3.73. The van der Waals surface area contributed by atoms with E-state index in [1.54, 1.807) is 25.1 Å². The van der Waals surface area contributed by atoms with Crippen molar-refractivity contribution in [3.8, 4) is 17.1 Å². The Morgan fingerprint density at radius 3 is 2.54 bits per heavy atom. The van der Waals surface area contributed by atoms with E-state index in [1.165, 1.54) is 19.2 Å². The van der Waals surface area contributed by atoms with Gasteiger partial charge in [0.2, 0.25) is 21.7 Å². The van der Waals surface area contributed by atoms with Gasteiger partial charge >= 0.3 is 0 Å². The molecule has 0 saturated carbocycles. The molecule has 0 radical (unpaired) electrons. The van der Waals surface area contributed by atoms with Gasteiger partial charge in [0.1, 0.15) is 11.6 Å². The van der Waals surface area contributed by atoms with E-state index in [1.807, 2.05) is 6.07 Å². The second kappa shape index (κ2) is 7.22. The third-order valence-corrected chi connectivity index (χ3v) is 5.17. The first-order chi connectivity index (χ1) is 12.4. The SMILES string of the molecule is COc1ccccc1-c1noc([C@H](C)NS(=O)(=O)c2ccc(F)cc2)n1. The van der Waals surface area contributed by atoms with Crippen molar-refractivity contribution in [3.05, 3.63) is 60.2 Å². The molecule has 7 nitrogen and oxygen atoms in total. The number of sulfonamides is 1. The van der Waals surface area contributed by atoms with Crippen LogP contribution in [0.4, 0.5) is 4.39 Å². The maximum Gasteiger partial charge on any atom is 0.244 e. The second-order valence-electron chi connectivity index (χ2n) is 5.45. The number of ether oxygens (including phenoxy) is 1. The summed E-state index contributed by atoms with van der Waals surface area (Å²) in [4.78, 5) is 4.18. The van der Waals surface area contributed by atoms with Gasteiger partial charge in [-0.25, -0.2) is 12.8 Å². The standard InChI is InChI=1S/C17H16FN3O4S/c1-11(21-26(22,23)13-9-7-12(18)8-10-13)17-19-16(20-25-17)14-5-3-4-6-15(14)24-2/h3-11,21H,1-2H3/t11-/m0/s1. The minimum absolute atomic E-state index is 0.0600. The van der Waals surface area contributed by atoms with Gasteiger partial charge in [0.15, 0.2) is 0 Å². The Hall–Kier alpha value is -2.78. The van der Waals surface area contributed by atoms with Crippen LogP contribution < -0.4 is 9.46 Å². The molecule has 1 atom stereocenters. The van der Waals surface area contributed by atoms with Crippen LogP contribution in [-0.2, 0) is 10.0 Å². The lowest BCUT2D eigenvalue weighted by Crippen LogP contribution is -2.27. The molecule has 1 N–H and O–H groups in total. The Balaban J connectivity index is 1.82. The van der Waals surface area contributed by atoms with Gasteiger partial charge in [-0.15, -0.1) is 0 Å². The molecule has 0 aliphatic heterocycles. The van der Waals surface area contributed by atoms with E-state index >= 15 is 0 Å². The lowest BCUT2D eigenvalue weighted by atomic mass is 10.2. The van der Waals surface area contributed by atoms with Crippen molar-refractivity contribution < 1.29 is 22.1 Å². The van der Waals surface area contributed by atoms with Gasteiger partial charge in [-0.1, -0.05) is 17.3 Å². The van der Waals surface area contributed by atoms with E-state index in [0.29, 0.717) is 11.3 Å². The smallest absolute Gasteiger partial charge is 0.244 e. The molecule has 136 valence electrons. The Morgan fingerprint density at radius 1 is 1.15 bits per heavy atom. The number of benzene rings is 2. The average Bonchev–Trinajstić information content (AvgIpc) is 3.12. The van der Waals surface area contributed by atoms with E-state index < -0.39 is 21.9 Å². The maximum atomic E-state index is 13.0. The minimum Gasteiger partial charge on any atom is -0.496 e. The monoisotopic (exact) mass is 377 g/mol. The predicted molar refractivity (Wildman–Crippen MR) is 91.4 cm³/mol. The number of rotatable bonds is 6. The Bertz CT molecular complexity index is 1000. The molecule has 0 amide bonds. The van der Waals surface area contributed by atoms with Crippen molar-refractivity contribution >= 4 is 10.0 Å². The number of hydrogen-bond donors (Lipinski definition) is 1. The molecule has 0 unspecified atom stereocenters. The molecule has 2 aromatic carbocycles. The number of halogens is 1. The van der Waals surface area contributed by atoms with Gasteiger partial charge < -0.3 is 9.26 Å². The number of aromatic nitrogens is 2. The van der Waals surface area contributed by atoms with Gasteiger partial charge in [0, 0.05) is 0 Å². The zero-order valence-electron chi connectivity index (χ0n) is 14.0. The Morgan fingerprint density at radius 2 is 1.85 bits per heavy atom. The highest BCUT2D eigenvalue weighted by Crippen LogP contribution is 2.28. The summed E-state index contributed by atoms with van der Waals surface area (Å²) in [6, 6.07) is 10.9. The molecular weight excluding hydrogens is 361 g/mol. The summed E-state index contributed by atoms with van der Waals surface area (Å²) >= 11 is 0. The molecule has 3 aromatic rings. The summed E-state index contributed by atoms with van der Waals surface area (Å²) < 4.78 is 50.5. The summed E-state index contributed by atoms with van der Waals surface area (Å²) in [7, 11) is -2.33. The van der Waals surface area contributed by atoms with E-state index in [4.69, 9.17) is 9.26 Å². The fraction of sp³-hybridized carbons (Fsp3) is 0.176. The summed E-state index contributed by atoms with van der Waals surface area (Å²) in [6.45, 7) is 1.57. The number of hydrogen-bond acceptors (Lipinski definition) is 6. The Kier molecular flexibility index (Phi) is 5.01. The molecule has 1 heterocycles. The van der Waals surface area contributed by atoms with Crippen LogP contribution in [0.25, 0.3) is 11.4 Å². The fourth-order valence-corrected chi connectivity index (χ4v) is 3.51. The number of para-hydroxylation sites is 1. The van der Waals surface area contributed by atoms with Crippen molar-refractivity contribution in [1.82, 2.24) is 14.9 Å². The van der Waals surface area contributed by atoms with Crippen LogP contribution in [0, 0.1) is 5.82 Å². The van der Waals surface area contributed by atoms with E-state index in [-0.39, 0.29) is 16.6 Å². The first-order valence-corrected chi connectivity index (χ1v) is 9.14. The largest absolute Gasteiger partial charge is 0.496 e. The van der Waals surface area contributed by atoms with Crippen molar-refractivity contribution in [2.45, 2.75) is 17.9 Å². The molecular formula is C17H16FN3O4S. The molecule has 0 aliphatic rings. The second-order valence-corrected chi connectivity index (χ2v) is 7.17. The minimum atomic E-state index is -3.86. The van der Waals surface area contributed by atoms with Crippen LogP contribution in [0.2, 0.25) is 0 Å². The van der Waals surface area contributed by atoms with Crippen molar-refractivity contribution in [2.24, 2.45) is 0 Å². The van der Waals surface area contributed by atoms with Crippen LogP contribution in [0.15, 0.2) is 57.9 Å². The van der Waals surface area contributed by atoms with Gasteiger partial charge in [0.05, 0.1) is 23.6 Å². The number of nitrogens with zero attached hydrogens (tertiary/aromatic N) is 2. The van der Waals surface area contributed by atoms with Crippen molar-refractivity contribution in [3.63, 3.8) is 0 Å². The molecule has 0 bridgehead atoms. The topological polar surface area (TPSA) is 94.3 Å². The summed E-state index contributed by atoms with van der Waals surface area (Å²) in [5.41, 5.74) is 0.624. The van der Waals surface area contributed by atoms with Crippen LogP contribution in [0.3, 0.4) is 0 Å². The van der Waals surface area contributed by atoms with Crippen molar-refractivity contribution in [1.29, 1.82) is 0 Å². The molecule has 1 aromatic heterocycles. The van der Waals surface area contributed by atoms with Crippen molar-refractivity contribution in [2.75, 3.05) is 7.11 Å². The lowest BCUT2D eigenvalue weighted by Gasteiger charge is -2.10. The lowest BCUT2D eigenvalue weighted by molar-refractivity contribution is 0.353. The first-order valence-electron chi connectivity index (χ1n) is 7.65. The van der Waals surface area contributed by atoms with E-state index in [0.717, 1.165) is 12.1 Å². The first kappa shape index (κ1) is 18.0. The molecule has 0 aliphatic carbocycles. The van der Waals surface area contributed by atoms with Crippen LogP contribution in [0.5, 0.6) is 5.75 Å². The van der Waals surface area contributed by atoms with Crippen LogP contribution in [0.1, 0.15) is 18.9 Å². The van der Waals surface area contributed by atoms with Gasteiger partial charge in [-0.05, 0) is 43.3 Å².